The number of carbonyl (C=O) groups excluding carboxylic acids is 4. The molecular weight excluding hydrogens is 749 g/mol. The van der Waals surface area contributed by atoms with Gasteiger partial charge in [-0.2, -0.15) is 5.10 Å². The first-order valence-corrected chi connectivity index (χ1v) is 20.4. The van der Waals surface area contributed by atoms with E-state index < -0.39 is 80.2 Å². The highest BCUT2D eigenvalue weighted by atomic mass is 32.2. The number of nitrogens with zero attached hydrogens (tertiary/aromatic N) is 4. The van der Waals surface area contributed by atoms with Gasteiger partial charge in [0.1, 0.15) is 41.1 Å². The Morgan fingerprint density at radius 2 is 1.75 bits per heavy atom. The highest BCUT2D eigenvalue weighted by Crippen LogP contribution is 2.46. The SMILES string of the molecule is Cn1ccc(C(=O)N[C@H]2CCCCC/C=C\[C@@H]3C[C@@]3(C(=O)NS(=O)(=O)C3CC3)NC(=O)[C@@H]3C[C@@H](Oc4nc5cc(F)ccc5c5cc(F)ccc45)CN3C2=O)n1. The van der Waals surface area contributed by atoms with Crippen molar-refractivity contribution in [1.82, 2.24) is 35.0 Å². The molecular formula is C39H41F2N7O7S. The fourth-order valence-corrected chi connectivity index (χ4v) is 9.15. The van der Waals surface area contributed by atoms with Gasteiger partial charge >= 0.3 is 0 Å². The van der Waals surface area contributed by atoms with E-state index >= 15 is 0 Å². The van der Waals surface area contributed by atoms with Crippen LogP contribution in [0.15, 0.2) is 60.8 Å². The monoisotopic (exact) mass is 789 g/mol. The molecule has 2 aromatic heterocycles. The zero-order valence-electron chi connectivity index (χ0n) is 30.5. The molecule has 5 atom stereocenters. The number of pyridine rings is 1. The van der Waals surface area contributed by atoms with Crippen LogP contribution in [0.3, 0.4) is 0 Å². The fourth-order valence-electron chi connectivity index (χ4n) is 7.78. The summed E-state index contributed by atoms with van der Waals surface area (Å²) in [6.07, 6.45) is 8.39. The number of allylic oxidation sites excluding steroid dienone is 1. The summed E-state index contributed by atoms with van der Waals surface area (Å²) >= 11 is 0. The minimum absolute atomic E-state index is 0.0345. The Bertz CT molecular complexity index is 2400. The molecule has 0 unspecified atom stereocenters. The van der Waals surface area contributed by atoms with Gasteiger partial charge in [0.25, 0.3) is 11.8 Å². The van der Waals surface area contributed by atoms with Crippen molar-refractivity contribution in [2.24, 2.45) is 13.0 Å². The summed E-state index contributed by atoms with van der Waals surface area (Å²) in [5.74, 6) is -4.21. The van der Waals surface area contributed by atoms with Crippen molar-refractivity contribution >= 4 is 55.3 Å². The first-order chi connectivity index (χ1) is 26.8. The molecule has 14 nitrogen and oxygen atoms in total. The average molecular weight is 790 g/mol. The number of halogens is 2. The quantitative estimate of drug-likeness (QED) is 0.186. The lowest BCUT2D eigenvalue weighted by molar-refractivity contribution is -0.141. The molecule has 3 fully saturated rings. The number of amides is 4. The van der Waals surface area contributed by atoms with Gasteiger partial charge in [0.2, 0.25) is 27.7 Å². The number of ether oxygens (including phenoxy) is 1. The Kier molecular flexibility index (Phi) is 9.75. The van der Waals surface area contributed by atoms with Crippen molar-refractivity contribution in [3.63, 3.8) is 0 Å². The molecule has 2 saturated carbocycles. The maximum absolute atomic E-state index is 14.6. The maximum atomic E-state index is 14.6. The maximum Gasteiger partial charge on any atom is 0.272 e. The fraction of sp³-hybridized carbons (Fsp3) is 0.436. The minimum Gasteiger partial charge on any atom is -0.472 e. The number of sulfonamides is 1. The van der Waals surface area contributed by atoms with E-state index in [-0.39, 0.29) is 42.9 Å². The minimum atomic E-state index is -3.94. The Labute approximate surface area is 321 Å². The van der Waals surface area contributed by atoms with Crippen molar-refractivity contribution in [3.8, 4) is 5.88 Å². The summed E-state index contributed by atoms with van der Waals surface area (Å²) in [5, 5.41) is 10.5. The number of benzene rings is 2. The van der Waals surface area contributed by atoms with Gasteiger partial charge in [-0.1, -0.05) is 25.0 Å². The summed E-state index contributed by atoms with van der Waals surface area (Å²) < 4.78 is 64.6. The van der Waals surface area contributed by atoms with E-state index in [0.29, 0.717) is 41.8 Å². The number of nitrogens with one attached hydrogen (secondary N) is 3. The molecule has 56 heavy (non-hydrogen) atoms. The van der Waals surface area contributed by atoms with Crippen molar-refractivity contribution in [2.75, 3.05) is 6.54 Å². The third-order valence-corrected chi connectivity index (χ3v) is 12.9. The number of carbonyl (C=O) groups is 4. The standard InChI is InChI=1S/C39H41F2N7O7S/c1-47-16-15-30(45-47)34(49)42-31-8-6-4-2-3-5-7-22-20-39(22,38(52)46-56(53,54)26-11-12-26)44-35(50)33-19-25(21-48(33)37(31)51)55-36-28-14-10-23(40)17-29(28)27-13-9-24(41)18-32(27)43-36/h5,7,9-10,13-18,22,25-26,31,33H,2-4,6,8,11-12,19-21H2,1H3,(H,42,49)(H,44,50)(H,46,52)/b7-5-/t22-,25-,31+,33+,39-/m1/s1. The third-order valence-electron chi connectivity index (χ3n) is 11.1. The Morgan fingerprint density at radius 1 is 0.982 bits per heavy atom. The summed E-state index contributed by atoms with van der Waals surface area (Å²) in [4.78, 5) is 62.0. The molecule has 0 bridgehead atoms. The van der Waals surface area contributed by atoms with Crippen molar-refractivity contribution in [3.05, 3.63) is 78.1 Å². The predicted molar refractivity (Wildman–Crippen MR) is 199 cm³/mol. The van der Waals surface area contributed by atoms with Gasteiger partial charge in [-0.25, -0.2) is 22.2 Å². The molecule has 8 rings (SSSR count). The second kappa shape index (κ2) is 14.6. The molecule has 2 aliphatic carbocycles. The van der Waals surface area contributed by atoms with E-state index in [1.165, 1.54) is 52.0 Å². The van der Waals surface area contributed by atoms with Gasteiger partial charge in [-0.05, 0) is 80.3 Å². The first kappa shape index (κ1) is 37.5. The predicted octanol–water partition coefficient (Wildman–Crippen LogP) is 3.55. The van der Waals surface area contributed by atoms with Crippen LogP contribution >= 0.6 is 0 Å². The van der Waals surface area contributed by atoms with Crippen molar-refractivity contribution in [1.29, 1.82) is 0 Å². The number of rotatable bonds is 7. The molecule has 4 aromatic rings. The van der Waals surface area contributed by atoms with Crippen molar-refractivity contribution < 1.29 is 41.1 Å². The molecule has 0 radical (unpaired) electrons. The van der Waals surface area contributed by atoms with Gasteiger partial charge in [0, 0.05) is 42.4 Å². The molecule has 3 N–H and O–H groups in total. The second-order valence-electron chi connectivity index (χ2n) is 15.2. The molecule has 4 aliphatic rings. The van der Waals surface area contributed by atoms with Crippen LogP contribution in [0, 0.1) is 17.6 Å². The van der Waals surface area contributed by atoms with E-state index in [9.17, 15) is 36.4 Å². The number of aromatic nitrogens is 3. The van der Waals surface area contributed by atoms with E-state index in [1.807, 2.05) is 12.2 Å². The summed E-state index contributed by atoms with van der Waals surface area (Å²) in [6.45, 7) is -0.142. The Morgan fingerprint density at radius 3 is 2.50 bits per heavy atom. The summed E-state index contributed by atoms with van der Waals surface area (Å²) in [6, 6.07) is 7.22. The molecule has 4 heterocycles. The largest absolute Gasteiger partial charge is 0.472 e. The van der Waals surface area contributed by atoms with E-state index in [0.717, 1.165) is 12.8 Å². The Balaban J connectivity index is 1.14. The van der Waals surface area contributed by atoms with Crippen LogP contribution in [-0.4, -0.2) is 87.2 Å². The van der Waals surface area contributed by atoms with Gasteiger partial charge in [0.15, 0.2) is 0 Å². The van der Waals surface area contributed by atoms with Gasteiger partial charge < -0.3 is 20.3 Å². The van der Waals surface area contributed by atoms with Gasteiger partial charge in [-0.3, -0.25) is 28.6 Å². The van der Waals surface area contributed by atoms with Crippen molar-refractivity contribution in [2.45, 2.75) is 86.8 Å². The zero-order valence-corrected chi connectivity index (χ0v) is 31.4. The normalized spacial score (nSPS) is 26.4. The topological polar surface area (TPSA) is 182 Å². The van der Waals surface area contributed by atoms with E-state index in [4.69, 9.17) is 4.74 Å². The van der Waals surface area contributed by atoms with E-state index in [1.54, 1.807) is 13.2 Å². The highest BCUT2D eigenvalue weighted by molar-refractivity contribution is 7.91. The number of hydrogen-bond acceptors (Lipinski definition) is 9. The molecule has 4 amide bonds. The van der Waals surface area contributed by atoms with Crippen LogP contribution < -0.4 is 20.1 Å². The van der Waals surface area contributed by atoms with Gasteiger partial charge in [0.05, 0.1) is 17.3 Å². The molecule has 2 aliphatic heterocycles. The lowest BCUT2D eigenvalue weighted by Gasteiger charge is -2.29. The Hall–Kier alpha value is -5.45. The molecule has 294 valence electrons. The first-order valence-electron chi connectivity index (χ1n) is 18.8. The van der Waals surface area contributed by atoms with Crippen LogP contribution in [0.2, 0.25) is 0 Å². The van der Waals surface area contributed by atoms with Gasteiger partial charge in [-0.15, -0.1) is 0 Å². The second-order valence-corrected chi connectivity index (χ2v) is 17.1. The molecule has 0 spiro atoms. The zero-order chi connectivity index (χ0) is 39.4. The van der Waals surface area contributed by atoms with E-state index in [2.05, 4.69) is 25.4 Å². The summed E-state index contributed by atoms with van der Waals surface area (Å²) in [7, 11) is -2.28. The lowest BCUT2D eigenvalue weighted by atomic mass is 10.0. The average Bonchev–Trinajstić information content (AvgIpc) is 4.04. The number of aryl methyl sites for hydroxylation is 1. The third kappa shape index (κ3) is 7.43. The summed E-state index contributed by atoms with van der Waals surface area (Å²) in [5.41, 5.74) is -1.26. The molecule has 1 saturated heterocycles. The lowest BCUT2D eigenvalue weighted by Crippen LogP contribution is -2.58. The van der Waals surface area contributed by atoms with Crippen LogP contribution in [0.5, 0.6) is 5.88 Å². The van der Waals surface area contributed by atoms with Crippen LogP contribution in [-0.2, 0) is 31.5 Å². The van der Waals surface area contributed by atoms with Crippen LogP contribution in [0.25, 0.3) is 21.7 Å². The highest BCUT2D eigenvalue weighted by Gasteiger charge is 2.62. The number of fused-ring (bicyclic) bond motifs is 5. The van der Waals surface area contributed by atoms with Crippen LogP contribution in [0.1, 0.15) is 68.3 Å². The smallest absolute Gasteiger partial charge is 0.272 e. The molecule has 2 aromatic carbocycles. The van der Waals surface area contributed by atoms with Crippen LogP contribution in [0.4, 0.5) is 8.78 Å². The molecule has 17 heteroatoms. The number of hydrogen-bond donors (Lipinski definition) is 3.